The number of aliphatic hydroxyl groups is 5. The smallest absolute Gasteiger partial charge is 0.344 e. The van der Waals surface area contributed by atoms with Crippen molar-refractivity contribution in [1.29, 1.82) is 0 Å². The summed E-state index contributed by atoms with van der Waals surface area (Å²) in [5.41, 5.74) is 0. The molecule has 2 aliphatic rings. The normalized spacial score (nSPS) is 30.3. The molecule has 0 amide bonds. The van der Waals surface area contributed by atoms with Crippen LogP contribution in [0, 0.1) is 0 Å². The van der Waals surface area contributed by atoms with E-state index in [4.69, 9.17) is 18.9 Å². The number of carbonyl (C=O) groups is 3. The molecule has 0 radical (unpaired) electrons. The maximum Gasteiger partial charge on any atom is 0.344 e. The van der Waals surface area contributed by atoms with E-state index in [2.05, 4.69) is 6.92 Å². The Morgan fingerprint density at radius 1 is 0.895 bits per heavy atom. The molecular formula is C26H44O12. The summed E-state index contributed by atoms with van der Waals surface area (Å²) in [6, 6.07) is 0. The second-order valence-electron chi connectivity index (χ2n) is 10.0. The number of cyclic esters (lactones) is 1. The van der Waals surface area contributed by atoms with E-state index in [-0.39, 0.29) is 6.42 Å². The summed E-state index contributed by atoms with van der Waals surface area (Å²) in [6.45, 7) is 0.918. The fraction of sp³-hybridized carbons (Fsp3) is 0.885. The first-order chi connectivity index (χ1) is 18.2. The van der Waals surface area contributed by atoms with Crippen LogP contribution in [0.3, 0.4) is 0 Å². The molecule has 220 valence electrons. The molecule has 2 rings (SSSR count). The van der Waals surface area contributed by atoms with E-state index in [0.717, 1.165) is 19.3 Å². The highest BCUT2D eigenvalue weighted by Crippen LogP contribution is 2.26. The van der Waals surface area contributed by atoms with Crippen LogP contribution in [0.1, 0.15) is 84.0 Å². The summed E-state index contributed by atoms with van der Waals surface area (Å²) < 4.78 is 20.2. The average molecular weight is 549 g/mol. The SMILES string of the molecule is CCCCCCCCCCCCCC(=O)OC[C@H](O)[C@H]1OC(=O)C(OC2O[C@H](CO)[C@@H](O)[C@H](O)[C@H]2O)C1=O. The Hall–Kier alpha value is -1.67. The van der Waals surface area contributed by atoms with Crippen LogP contribution >= 0.6 is 0 Å². The van der Waals surface area contributed by atoms with Gasteiger partial charge in [0.2, 0.25) is 11.9 Å². The van der Waals surface area contributed by atoms with Gasteiger partial charge in [-0.05, 0) is 6.42 Å². The number of esters is 2. The lowest BCUT2D eigenvalue weighted by Gasteiger charge is -2.39. The van der Waals surface area contributed by atoms with Gasteiger partial charge in [0.05, 0.1) is 6.61 Å². The van der Waals surface area contributed by atoms with Crippen LogP contribution in [-0.4, -0.2) is 105 Å². The van der Waals surface area contributed by atoms with Crippen LogP contribution in [0.5, 0.6) is 0 Å². The molecule has 5 N–H and O–H groups in total. The molecule has 12 heteroatoms. The third-order valence-corrected chi connectivity index (χ3v) is 6.86. The number of Topliss-reactive ketones (excluding diaryl/α,β-unsaturated/α-hetero) is 1. The van der Waals surface area contributed by atoms with E-state index in [1.807, 2.05) is 0 Å². The summed E-state index contributed by atoms with van der Waals surface area (Å²) in [4.78, 5) is 36.7. The van der Waals surface area contributed by atoms with Crippen molar-refractivity contribution in [3.05, 3.63) is 0 Å². The third kappa shape index (κ3) is 9.82. The molecule has 0 aromatic heterocycles. The van der Waals surface area contributed by atoms with Gasteiger partial charge in [0.15, 0.2) is 12.4 Å². The minimum atomic E-state index is -1.89. The predicted octanol–water partition coefficient (Wildman–Crippen LogP) is 0.271. The summed E-state index contributed by atoms with van der Waals surface area (Å²) in [5.74, 6) is -2.69. The number of hydrogen-bond acceptors (Lipinski definition) is 12. The zero-order valence-electron chi connectivity index (χ0n) is 22.1. The number of carbonyl (C=O) groups excluding carboxylic acids is 3. The van der Waals surface area contributed by atoms with E-state index >= 15 is 0 Å². The van der Waals surface area contributed by atoms with Crippen LogP contribution < -0.4 is 0 Å². The van der Waals surface area contributed by atoms with E-state index in [1.54, 1.807) is 0 Å². The Labute approximate surface area is 223 Å². The van der Waals surface area contributed by atoms with Crippen molar-refractivity contribution in [3.63, 3.8) is 0 Å². The van der Waals surface area contributed by atoms with Crippen LogP contribution in [0.4, 0.5) is 0 Å². The monoisotopic (exact) mass is 548 g/mol. The fourth-order valence-electron chi connectivity index (χ4n) is 4.49. The Morgan fingerprint density at radius 3 is 2.05 bits per heavy atom. The highest BCUT2D eigenvalue weighted by molar-refractivity contribution is 6.09. The standard InChI is InChI=1S/C26H44O12/c1-2-3-4-5-6-7-8-9-10-11-12-13-18(29)35-15-16(28)23-22(33)24(25(34)37-23)38-26-21(32)20(31)19(30)17(14-27)36-26/h16-17,19-21,23-24,26-28,30-32H,2-15H2,1H3/t16-,17+,19+,20-,21+,23+,24?,26?/m0/s1. The predicted molar refractivity (Wildman–Crippen MR) is 132 cm³/mol. The lowest BCUT2D eigenvalue weighted by Crippen LogP contribution is -2.60. The molecule has 0 aliphatic carbocycles. The van der Waals surface area contributed by atoms with E-state index in [0.29, 0.717) is 6.42 Å². The molecule has 2 unspecified atom stereocenters. The van der Waals surface area contributed by atoms with Gasteiger partial charge < -0.3 is 44.5 Å². The van der Waals surface area contributed by atoms with E-state index in [1.165, 1.54) is 44.9 Å². The third-order valence-electron chi connectivity index (χ3n) is 6.86. The number of rotatable bonds is 18. The lowest BCUT2D eigenvalue weighted by atomic mass is 9.99. The van der Waals surface area contributed by atoms with Gasteiger partial charge in [-0.15, -0.1) is 0 Å². The largest absolute Gasteiger partial charge is 0.463 e. The number of unbranched alkanes of at least 4 members (excludes halogenated alkanes) is 10. The van der Waals surface area contributed by atoms with Crippen molar-refractivity contribution < 1.29 is 58.9 Å². The number of ether oxygens (including phenoxy) is 4. The fourth-order valence-corrected chi connectivity index (χ4v) is 4.49. The van der Waals surface area contributed by atoms with E-state index < -0.39 is 80.0 Å². The van der Waals surface area contributed by atoms with Crippen LogP contribution in [-0.2, 0) is 33.3 Å². The zero-order valence-corrected chi connectivity index (χ0v) is 22.1. The molecule has 0 bridgehead atoms. The van der Waals surface area contributed by atoms with Gasteiger partial charge in [0.25, 0.3) is 0 Å². The van der Waals surface area contributed by atoms with Crippen molar-refractivity contribution in [2.75, 3.05) is 13.2 Å². The Balaban J connectivity index is 1.64. The van der Waals surface area contributed by atoms with Gasteiger partial charge in [0.1, 0.15) is 37.1 Å². The topological polar surface area (TPSA) is 189 Å². The van der Waals surface area contributed by atoms with Gasteiger partial charge in [0, 0.05) is 6.42 Å². The molecule has 2 saturated heterocycles. The van der Waals surface area contributed by atoms with Crippen molar-refractivity contribution in [2.45, 2.75) is 133 Å². The highest BCUT2D eigenvalue weighted by atomic mass is 16.7. The zero-order chi connectivity index (χ0) is 28.1. The number of ketones is 1. The highest BCUT2D eigenvalue weighted by Gasteiger charge is 2.52. The molecule has 38 heavy (non-hydrogen) atoms. The average Bonchev–Trinajstić information content (AvgIpc) is 3.18. The van der Waals surface area contributed by atoms with Gasteiger partial charge in [-0.25, -0.2) is 4.79 Å². The van der Waals surface area contributed by atoms with E-state index in [9.17, 15) is 39.9 Å². The van der Waals surface area contributed by atoms with Crippen LogP contribution in [0.15, 0.2) is 0 Å². The van der Waals surface area contributed by atoms with Gasteiger partial charge in [-0.2, -0.15) is 0 Å². The molecule has 2 fully saturated rings. The maximum atomic E-state index is 12.6. The molecule has 2 heterocycles. The Morgan fingerprint density at radius 2 is 1.47 bits per heavy atom. The van der Waals surface area contributed by atoms with Crippen molar-refractivity contribution >= 4 is 17.7 Å². The molecule has 12 nitrogen and oxygen atoms in total. The van der Waals surface area contributed by atoms with Crippen LogP contribution in [0.25, 0.3) is 0 Å². The quantitative estimate of drug-likeness (QED) is 0.0894. The lowest BCUT2D eigenvalue weighted by molar-refractivity contribution is -0.305. The van der Waals surface area contributed by atoms with Gasteiger partial charge in [-0.1, -0.05) is 71.1 Å². The second-order valence-corrected chi connectivity index (χ2v) is 10.0. The summed E-state index contributed by atoms with van der Waals surface area (Å²) in [7, 11) is 0. The molecule has 0 aromatic rings. The molecule has 2 aliphatic heterocycles. The number of hydrogen-bond donors (Lipinski definition) is 5. The van der Waals surface area contributed by atoms with Gasteiger partial charge in [-0.3, -0.25) is 9.59 Å². The Kier molecular flexibility index (Phi) is 14.7. The van der Waals surface area contributed by atoms with Crippen LogP contribution in [0.2, 0.25) is 0 Å². The van der Waals surface area contributed by atoms with Crippen molar-refractivity contribution in [3.8, 4) is 0 Å². The molecule has 8 atom stereocenters. The maximum absolute atomic E-state index is 12.6. The second kappa shape index (κ2) is 17.1. The van der Waals surface area contributed by atoms with Crippen molar-refractivity contribution in [2.24, 2.45) is 0 Å². The molecule has 0 aromatic carbocycles. The molecule has 0 saturated carbocycles. The first kappa shape index (κ1) is 32.5. The summed E-state index contributed by atoms with van der Waals surface area (Å²) in [5, 5.41) is 49.2. The Bertz CT molecular complexity index is 729. The number of aliphatic hydroxyl groups excluding tert-OH is 5. The molecular weight excluding hydrogens is 504 g/mol. The first-order valence-electron chi connectivity index (χ1n) is 13.7. The minimum Gasteiger partial charge on any atom is -0.463 e. The van der Waals surface area contributed by atoms with Crippen molar-refractivity contribution in [1.82, 2.24) is 0 Å². The first-order valence-corrected chi connectivity index (χ1v) is 13.7. The summed E-state index contributed by atoms with van der Waals surface area (Å²) in [6.07, 6.45) is -0.706. The molecule has 0 spiro atoms. The summed E-state index contributed by atoms with van der Waals surface area (Å²) >= 11 is 0. The minimum absolute atomic E-state index is 0.172. The van der Waals surface area contributed by atoms with Gasteiger partial charge >= 0.3 is 11.9 Å².